The van der Waals surface area contributed by atoms with Crippen molar-refractivity contribution in [2.45, 2.75) is 45.8 Å². The molecule has 0 aliphatic heterocycles. The predicted molar refractivity (Wildman–Crippen MR) is 70.2 cm³/mol. The van der Waals surface area contributed by atoms with E-state index in [9.17, 15) is 5.11 Å². The second kappa shape index (κ2) is 11.0. The highest BCUT2D eigenvalue weighted by atomic mass is 16.5. The van der Waals surface area contributed by atoms with Gasteiger partial charge in [0.1, 0.15) is 0 Å². The topological polar surface area (TPSA) is 50.7 Å². The van der Waals surface area contributed by atoms with E-state index in [1.165, 1.54) is 0 Å². The van der Waals surface area contributed by atoms with Gasteiger partial charge in [-0.25, -0.2) is 0 Å². The number of methoxy groups -OCH3 is 1. The number of ether oxygens (including phenoxy) is 2. The molecule has 0 aromatic rings. The van der Waals surface area contributed by atoms with Crippen LogP contribution in [0.5, 0.6) is 0 Å². The van der Waals surface area contributed by atoms with Crippen LogP contribution in [0.2, 0.25) is 0 Å². The van der Waals surface area contributed by atoms with E-state index in [1.54, 1.807) is 7.11 Å². The Hall–Kier alpha value is -0.160. The molecule has 2 N–H and O–H groups in total. The lowest BCUT2D eigenvalue weighted by Crippen LogP contribution is -2.40. The first-order chi connectivity index (χ1) is 8.10. The summed E-state index contributed by atoms with van der Waals surface area (Å²) in [4.78, 5) is 0. The number of hydrogen-bond donors (Lipinski definition) is 2. The molecule has 104 valence electrons. The molecule has 4 nitrogen and oxygen atoms in total. The first-order valence-electron chi connectivity index (χ1n) is 6.58. The van der Waals surface area contributed by atoms with E-state index < -0.39 is 6.10 Å². The Morgan fingerprint density at radius 2 is 1.88 bits per heavy atom. The third-order valence-electron chi connectivity index (χ3n) is 2.41. The molecule has 0 radical (unpaired) electrons. The summed E-state index contributed by atoms with van der Waals surface area (Å²) in [5, 5.41) is 13.0. The molecule has 0 rings (SSSR count). The van der Waals surface area contributed by atoms with E-state index in [4.69, 9.17) is 9.47 Å². The number of rotatable bonds is 11. The maximum absolute atomic E-state index is 9.72. The fourth-order valence-electron chi connectivity index (χ4n) is 1.60. The molecule has 2 atom stereocenters. The fourth-order valence-corrected chi connectivity index (χ4v) is 1.60. The van der Waals surface area contributed by atoms with Gasteiger partial charge in [0, 0.05) is 26.3 Å². The van der Waals surface area contributed by atoms with Gasteiger partial charge in [-0.1, -0.05) is 27.2 Å². The van der Waals surface area contributed by atoms with Crippen LogP contribution in [0.1, 0.15) is 33.6 Å². The van der Waals surface area contributed by atoms with E-state index in [2.05, 4.69) is 26.1 Å². The van der Waals surface area contributed by atoms with Gasteiger partial charge in [0.25, 0.3) is 0 Å². The van der Waals surface area contributed by atoms with Crippen LogP contribution >= 0.6 is 0 Å². The van der Waals surface area contributed by atoms with Crippen LogP contribution in [-0.4, -0.2) is 50.7 Å². The lowest BCUT2D eigenvalue weighted by atomic mass is 10.2. The summed E-state index contributed by atoms with van der Waals surface area (Å²) in [6.45, 7) is 8.69. The Morgan fingerprint density at radius 1 is 1.18 bits per heavy atom. The summed E-state index contributed by atoms with van der Waals surface area (Å²) in [5.74, 6) is 0.511. The molecule has 0 aliphatic rings. The zero-order chi connectivity index (χ0) is 13.1. The molecule has 0 aromatic carbocycles. The molecular weight excluding hydrogens is 218 g/mol. The second-order valence-electron chi connectivity index (χ2n) is 4.93. The van der Waals surface area contributed by atoms with Crippen molar-refractivity contribution in [1.29, 1.82) is 0 Å². The number of hydrogen-bond acceptors (Lipinski definition) is 4. The molecule has 0 fully saturated rings. The van der Waals surface area contributed by atoms with E-state index in [-0.39, 0.29) is 0 Å². The van der Waals surface area contributed by atoms with Crippen LogP contribution < -0.4 is 5.32 Å². The highest BCUT2D eigenvalue weighted by molar-refractivity contribution is 4.68. The second-order valence-corrected chi connectivity index (χ2v) is 4.93. The summed E-state index contributed by atoms with van der Waals surface area (Å²) in [6.07, 6.45) is 1.74. The van der Waals surface area contributed by atoms with Crippen LogP contribution in [0.15, 0.2) is 0 Å². The van der Waals surface area contributed by atoms with Crippen molar-refractivity contribution in [1.82, 2.24) is 5.32 Å². The van der Waals surface area contributed by atoms with Gasteiger partial charge in [-0.2, -0.15) is 0 Å². The molecule has 0 amide bonds. The largest absolute Gasteiger partial charge is 0.389 e. The third-order valence-corrected chi connectivity index (χ3v) is 2.41. The molecule has 0 bridgehead atoms. The summed E-state index contributed by atoms with van der Waals surface area (Å²) in [6, 6.07) is 0.324. The van der Waals surface area contributed by atoms with Gasteiger partial charge in [-0.3, -0.25) is 0 Å². The zero-order valence-corrected chi connectivity index (χ0v) is 11.7. The van der Waals surface area contributed by atoms with E-state index in [0.717, 1.165) is 12.8 Å². The van der Waals surface area contributed by atoms with Gasteiger partial charge in [-0.15, -0.1) is 0 Å². The van der Waals surface area contributed by atoms with Crippen molar-refractivity contribution in [3.63, 3.8) is 0 Å². The Balaban J connectivity index is 3.60. The predicted octanol–water partition coefficient (Wildman–Crippen LogP) is 1.42. The number of nitrogens with one attached hydrogen (secondary N) is 1. The van der Waals surface area contributed by atoms with E-state index in [1.807, 2.05) is 0 Å². The van der Waals surface area contributed by atoms with Crippen molar-refractivity contribution in [3.05, 3.63) is 0 Å². The van der Waals surface area contributed by atoms with Crippen molar-refractivity contribution in [3.8, 4) is 0 Å². The van der Waals surface area contributed by atoms with Crippen molar-refractivity contribution in [2.75, 3.05) is 33.5 Å². The first-order valence-corrected chi connectivity index (χ1v) is 6.58. The monoisotopic (exact) mass is 247 g/mol. The molecule has 0 saturated carbocycles. The Labute approximate surface area is 106 Å². The number of aliphatic hydroxyl groups is 1. The Kier molecular flexibility index (Phi) is 10.9. The first kappa shape index (κ1) is 16.8. The van der Waals surface area contributed by atoms with Gasteiger partial charge in [0.2, 0.25) is 0 Å². The van der Waals surface area contributed by atoms with Gasteiger partial charge in [0.15, 0.2) is 0 Å². The average Bonchev–Trinajstić information content (AvgIpc) is 2.26. The molecule has 0 saturated heterocycles. The van der Waals surface area contributed by atoms with Crippen LogP contribution in [0, 0.1) is 5.92 Å². The van der Waals surface area contributed by atoms with Gasteiger partial charge in [0.05, 0.1) is 19.3 Å². The van der Waals surface area contributed by atoms with Crippen LogP contribution in [0.25, 0.3) is 0 Å². The summed E-state index contributed by atoms with van der Waals surface area (Å²) >= 11 is 0. The molecule has 0 heterocycles. The summed E-state index contributed by atoms with van der Waals surface area (Å²) < 4.78 is 10.5. The zero-order valence-electron chi connectivity index (χ0n) is 11.7. The summed E-state index contributed by atoms with van der Waals surface area (Å²) in [7, 11) is 1.70. The molecule has 0 aliphatic carbocycles. The standard InChI is InChI=1S/C13H29NO3/c1-5-6-12(9-16-4)14-7-13(15)10-17-8-11(2)3/h11-15H,5-10H2,1-4H3. The van der Waals surface area contributed by atoms with Crippen molar-refractivity contribution in [2.24, 2.45) is 5.92 Å². The highest BCUT2D eigenvalue weighted by Crippen LogP contribution is 1.98. The minimum absolute atomic E-state index is 0.324. The quantitative estimate of drug-likeness (QED) is 0.580. The minimum atomic E-state index is -0.440. The lowest BCUT2D eigenvalue weighted by Gasteiger charge is -2.20. The van der Waals surface area contributed by atoms with E-state index in [0.29, 0.717) is 38.3 Å². The molecule has 4 heteroatoms. The maximum atomic E-state index is 9.72. The lowest BCUT2D eigenvalue weighted by molar-refractivity contribution is 0.0232. The molecule has 0 spiro atoms. The van der Waals surface area contributed by atoms with Gasteiger partial charge in [-0.05, 0) is 12.3 Å². The van der Waals surface area contributed by atoms with Gasteiger partial charge >= 0.3 is 0 Å². The molecule has 0 aromatic heterocycles. The molecule has 2 unspecified atom stereocenters. The van der Waals surface area contributed by atoms with E-state index >= 15 is 0 Å². The fraction of sp³-hybridized carbons (Fsp3) is 1.00. The Bertz CT molecular complexity index is 159. The minimum Gasteiger partial charge on any atom is -0.389 e. The highest BCUT2D eigenvalue weighted by Gasteiger charge is 2.10. The molecule has 17 heavy (non-hydrogen) atoms. The van der Waals surface area contributed by atoms with Crippen LogP contribution in [-0.2, 0) is 9.47 Å². The van der Waals surface area contributed by atoms with Crippen molar-refractivity contribution >= 4 is 0 Å². The number of aliphatic hydroxyl groups excluding tert-OH is 1. The smallest absolute Gasteiger partial charge is 0.0897 e. The van der Waals surface area contributed by atoms with Crippen molar-refractivity contribution < 1.29 is 14.6 Å². The van der Waals surface area contributed by atoms with Gasteiger partial charge < -0.3 is 19.9 Å². The average molecular weight is 247 g/mol. The summed E-state index contributed by atoms with van der Waals surface area (Å²) in [5.41, 5.74) is 0. The third kappa shape index (κ3) is 10.7. The van der Waals surface area contributed by atoms with Crippen LogP contribution in [0.3, 0.4) is 0 Å². The SMILES string of the molecule is CCCC(COC)NCC(O)COCC(C)C. The normalized spacial score (nSPS) is 15.2. The van der Waals surface area contributed by atoms with Crippen LogP contribution in [0.4, 0.5) is 0 Å². The maximum Gasteiger partial charge on any atom is 0.0897 e. The Morgan fingerprint density at radius 3 is 2.41 bits per heavy atom. The molecular formula is C13H29NO3.